The number of rotatable bonds is 7. The van der Waals surface area contributed by atoms with Gasteiger partial charge >= 0.3 is 0 Å². The largest absolute Gasteiger partial charge is 0.454 e. The van der Waals surface area contributed by atoms with E-state index in [1.165, 1.54) is 5.69 Å². The average Bonchev–Trinajstić information content (AvgIpc) is 3.20. The van der Waals surface area contributed by atoms with Gasteiger partial charge < -0.3 is 29.9 Å². The van der Waals surface area contributed by atoms with Gasteiger partial charge in [0, 0.05) is 57.1 Å². The van der Waals surface area contributed by atoms with Crippen LogP contribution in [0, 0.1) is 0 Å². The van der Waals surface area contributed by atoms with Crippen molar-refractivity contribution in [1.29, 1.82) is 0 Å². The number of carbonyl (C=O) groups is 1. The van der Waals surface area contributed by atoms with Crippen molar-refractivity contribution in [3.63, 3.8) is 0 Å². The molecule has 2 aliphatic rings. The summed E-state index contributed by atoms with van der Waals surface area (Å²) < 4.78 is 10.7. The molecule has 1 saturated heterocycles. The second-order valence-electron chi connectivity index (χ2n) is 7.50. The molecule has 0 aromatic heterocycles. The lowest BCUT2D eigenvalue weighted by molar-refractivity contribution is -0.116. The molecule has 0 radical (unpaired) electrons. The first-order valence-electron chi connectivity index (χ1n) is 10.1. The Hall–Kier alpha value is -2.77. The van der Waals surface area contributed by atoms with Crippen molar-refractivity contribution in [3.8, 4) is 11.5 Å². The summed E-state index contributed by atoms with van der Waals surface area (Å²) in [5, 5.41) is 6.27. The standard InChI is InChI=1S/C22H28N4O3/c1-25-10-12-26(13-11-25)19-5-3-18(4-6-19)24-22(27)8-9-23-15-17-2-7-20-21(14-17)29-16-28-20/h2-7,14,23H,8-13,15-16H2,1H3,(H,24,27). The first-order chi connectivity index (χ1) is 14.2. The summed E-state index contributed by atoms with van der Waals surface area (Å²) in [4.78, 5) is 16.9. The quantitative estimate of drug-likeness (QED) is 0.700. The molecule has 2 N–H and O–H groups in total. The maximum absolute atomic E-state index is 12.2. The normalized spacial score (nSPS) is 16.1. The summed E-state index contributed by atoms with van der Waals surface area (Å²) in [5.74, 6) is 1.57. The van der Waals surface area contributed by atoms with Crippen LogP contribution in [0.5, 0.6) is 11.5 Å². The van der Waals surface area contributed by atoms with Gasteiger partial charge in [-0.3, -0.25) is 4.79 Å². The van der Waals surface area contributed by atoms with Crippen LogP contribution in [0.25, 0.3) is 0 Å². The second-order valence-corrected chi connectivity index (χ2v) is 7.50. The van der Waals surface area contributed by atoms with Crippen molar-refractivity contribution in [2.45, 2.75) is 13.0 Å². The van der Waals surface area contributed by atoms with Gasteiger partial charge in [-0.25, -0.2) is 0 Å². The minimum atomic E-state index is 0.00975. The van der Waals surface area contributed by atoms with Gasteiger partial charge in [-0.2, -0.15) is 0 Å². The maximum atomic E-state index is 12.2. The molecule has 2 aromatic carbocycles. The molecular formula is C22H28N4O3. The van der Waals surface area contributed by atoms with Crippen LogP contribution in [0.3, 0.4) is 0 Å². The fourth-order valence-corrected chi connectivity index (χ4v) is 3.53. The Morgan fingerprint density at radius 3 is 2.55 bits per heavy atom. The van der Waals surface area contributed by atoms with Crippen molar-refractivity contribution in [3.05, 3.63) is 48.0 Å². The van der Waals surface area contributed by atoms with Gasteiger partial charge in [0.15, 0.2) is 11.5 Å². The van der Waals surface area contributed by atoms with Crippen LogP contribution in [0.15, 0.2) is 42.5 Å². The third-order valence-electron chi connectivity index (χ3n) is 5.31. The molecule has 0 bridgehead atoms. The highest BCUT2D eigenvalue weighted by molar-refractivity contribution is 5.91. The number of hydrogen-bond donors (Lipinski definition) is 2. The molecule has 7 heteroatoms. The van der Waals surface area contributed by atoms with E-state index in [-0.39, 0.29) is 12.7 Å². The zero-order valence-corrected chi connectivity index (χ0v) is 16.8. The van der Waals surface area contributed by atoms with Crippen molar-refractivity contribution in [2.75, 3.05) is 56.8 Å². The maximum Gasteiger partial charge on any atom is 0.231 e. The van der Waals surface area contributed by atoms with E-state index in [1.807, 2.05) is 30.3 Å². The lowest BCUT2D eigenvalue weighted by Crippen LogP contribution is -2.44. The van der Waals surface area contributed by atoms with Crippen molar-refractivity contribution in [2.24, 2.45) is 0 Å². The van der Waals surface area contributed by atoms with Crippen LogP contribution in [-0.2, 0) is 11.3 Å². The molecule has 4 rings (SSSR count). The Bertz CT molecular complexity index is 832. The van der Waals surface area contributed by atoms with E-state index < -0.39 is 0 Å². The highest BCUT2D eigenvalue weighted by Crippen LogP contribution is 2.32. The molecule has 2 heterocycles. The Kier molecular flexibility index (Phi) is 6.17. The van der Waals surface area contributed by atoms with Gasteiger partial charge in [-0.1, -0.05) is 6.07 Å². The molecule has 0 atom stereocenters. The lowest BCUT2D eigenvalue weighted by atomic mass is 10.2. The number of piperazine rings is 1. The number of likely N-dealkylation sites (N-methyl/N-ethyl adjacent to an activating group) is 1. The van der Waals surface area contributed by atoms with Gasteiger partial charge in [0.05, 0.1) is 0 Å². The molecule has 1 amide bonds. The van der Waals surface area contributed by atoms with Gasteiger partial charge in [-0.05, 0) is 49.0 Å². The number of carbonyl (C=O) groups excluding carboxylic acids is 1. The molecule has 1 fully saturated rings. The van der Waals surface area contributed by atoms with Crippen LogP contribution in [0.2, 0.25) is 0 Å². The van der Waals surface area contributed by atoms with E-state index in [2.05, 4.69) is 39.6 Å². The van der Waals surface area contributed by atoms with E-state index in [4.69, 9.17) is 9.47 Å². The molecule has 2 aliphatic heterocycles. The predicted octanol–water partition coefficient (Wildman–Crippen LogP) is 2.29. The first-order valence-corrected chi connectivity index (χ1v) is 10.1. The number of benzene rings is 2. The summed E-state index contributed by atoms with van der Waals surface area (Å²) >= 11 is 0. The minimum Gasteiger partial charge on any atom is -0.454 e. The molecule has 0 unspecified atom stereocenters. The summed E-state index contributed by atoms with van der Waals surface area (Å²) in [7, 11) is 2.15. The van der Waals surface area contributed by atoms with Crippen LogP contribution in [0.1, 0.15) is 12.0 Å². The predicted molar refractivity (Wildman–Crippen MR) is 114 cm³/mol. The Balaban J connectivity index is 1.18. The molecule has 0 saturated carbocycles. The Labute approximate surface area is 171 Å². The van der Waals surface area contributed by atoms with Crippen molar-refractivity contribution >= 4 is 17.3 Å². The SMILES string of the molecule is CN1CCN(c2ccc(NC(=O)CCNCc3ccc4c(c3)OCO4)cc2)CC1. The Morgan fingerprint density at radius 2 is 1.76 bits per heavy atom. The molecular weight excluding hydrogens is 368 g/mol. The third-order valence-corrected chi connectivity index (χ3v) is 5.31. The topological polar surface area (TPSA) is 66.1 Å². The minimum absolute atomic E-state index is 0.00975. The van der Waals surface area contributed by atoms with Crippen LogP contribution >= 0.6 is 0 Å². The van der Waals surface area contributed by atoms with E-state index in [0.717, 1.165) is 48.9 Å². The summed E-state index contributed by atoms with van der Waals surface area (Å²) in [6.07, 6.45) is 0.421. The van der Waals surface area contributed by atoms with Crippen molar-refractivity contribution < 1.29 is 14.3 Å². The monoisotopic (exact) mass is 396 g/mol. The van der Waals surface area contributed by atoms with Gasteiger partial charge in [0.2, 0.25) is 12.7 Å². The number of nitrogens with one attached hydrogen (secondary N) is 2. The molecule has 2 aromatic rings. The number of ether oxygens (including phenoxy) is 2. The highest BCUT2D eigenvalue weighted by atomic mass is 16.7. The number of fused-ring (bicyclic) bond motifs is 1. The molecule has 0 spiro atoms. The van der Waals surface area contributed by atoms with Gasteiger partial charge in [0.25, 0.3) is 0 Å². The van der Waals surface area contributed by atoms with Crippen LogP contribution < -0.4 is 25.0 Å². The highest BCUT2D eigenvalue weighted by Gasteiger charge is 2.14. The van der Waals surface area contributed by atoms with E-state index in [0.29, 0.717) is 19.5 Å². The average molecular weight is 396 g/mol. The number of nitrogens with zero attached hydrogens (tertiary/aromatic N) is 2. The Morgan fingerprint density at radius 1 is 1.00 bits per heavy atom. The van der Waals surface area contributed by atoms with Crippen LogP contribution in [-0.4, -0.2) is 57.4 Å². The summed E-state index contributed by atoms with van der Waals surface area (Å²) in [6, 6.07) is 14.0. The number of hydrogen-bond acceptors (Lipinski definition) is 6. The fraction of sp³-hybridized carbons (Fsp3) is 0.409. The summed E-state index contributed by atoms with van der Waals surface area (Å²) in [5.41, 5.74) is 3.15. The van der Waals surface area contributed by atoms with Crippen molar-refractivity contribution in [1.82, 2.24) is 10.2 Å². The zero-order chi connectivity index (χ0) is 20.1. The third kappa shape index (κ3) is 5.19. The molecule has 29 heavy (non-hydrogen) atoms. The summed E-state index contributed by atoms with van der Waals surface area (Å²) in [6.45, 7) is 5.82. The first kappa shape index (κ1) is 19.5. The molecule has 0 aliphatic carbocycles. The fourth-order valence-electron chi connectivity index (χ4n) is 3.53. The van der Waals surface area contributed by atoms with Gasteiger partial charge in [0.1, 0.15) is 0 Å². The van der Waals surface area contributed by atoms with E-state index in [1.54, 1.807) is 0 Å². The smallest absolute Gasteiger partial charge is 0.231 e. The molecule has 154 valence electrons. The van der Waals surface area contributed by atoms with E-state index >= 15 is 0 Å². The van der Waals surface area contributed by atoms with E-state index in [9.17, 15) is 4.79 Å². The second kappa shape index (κ2) is 9.15. The number of amides is 1. The lowest BCUT2D eigenvalue weighted by Gasteiger charge is -2.34. The molecule has 7 nitrogen and oxygen atoms in total. The zero-order valence-electron chi connectivity index (χ0n) is 16.8. The van der Waals surface area contributed by atoms with Gasteiger partial charge in [-0.15, -0.1) is 0 Å². The number of anilines is 2. The van der Waals surface area contributed by atoms with Crippen LogP contribution in [0.4, 0.5) is 11.4 Å².